The second-order valence-corrected chi connectivity index (χ2v) is 7.96. The lowest BCUT2D eigenvalue weighted by molar-refractivity contribution is 0.0238. The number of thiazole rings is 1. The number of fused-ring (bicyclic) bond motifs is 1. The Morgan fingerprint density at radius 3 is 2.58 bits per heavy atom. The van der Waals surface area contributed by atoms with Gasteiger partial charge in [0.2, 0.25) is 0 Å². The van der Waals surface area contributed by atoms with Gasteiger partial charge in [-0.25, -0.2) is 14.8 Å². The van der Waals surface area contributed by atoms with Crippen molar-refractivity contribution in [2.24, 2.45) is 0 Å². The first-order valence-corrected chi connectivity index (χ1v) is 8.92. The summed E-state index contributed by atoms with van der Waals surface area (Å²) in [5.74, 6) is -0.589. The van der Waals surface area contributed by atoms with Gasteiger partial charge in [-0.1, -0.05) is 32.9 Å². The molecule has 1 aromatic carbocycles. The summed E-state index contributed by atoms with van der Waals surface area (Å²) in [6.07, 6.45) is 0.528. The highest BCUT2D eigenvalue weighted by molar-refractivity contribution is 7.13. The predicted molar refractivity (Wildman–Crippen MR) is 95.6 cm³/mol. The largest absolute Gasteiger partial charge is 0.450 e. The summed E-state index contributed by atoms with van der Waals surface area (Å²) < 4.78 is 33.2. The summed E-state index contributed by atoms with van der Waals surface area (Å²) in [5.41, 5.74) is 0.546. The van der Waals surface area contributed by atoms with Gasteiger partial charge in [0.25, 0.3) is 0 Å². The van der Waals surface area contributed by atoms with Gasteiger partial charge < -0.3 is 4.74 Å². The highest BCUT2D eigenvalue weighted by Crippen LogP contribution is 2.30. The number of ether oxygens (including phenoxy) is 1. The molecule has 1 unspecified atom stereocenters. The molecule has 3 rings (SSSR count). The molecule has 0 amide bonds. The zero-order valence-electron chi connectivity index (χ0n) is 14.9. The van der Waals surface area contributed by atoms with Crippen LogP contribution in [0.5, 0.6) is 0 Å². The molecule has 0 fully saturated rings. The van der Waals surface area contributed by atoms with Crippen molar-refractivity contribution in [2.75, 3.05) is 0 Å². The van der Waals surface area contributed by atoms with Crippen LogP contribution in [0, 0.1) is 0 Å². The van der Waals surface area contributed by atoms with E-state index >= 15 is 0 Å². The van der Waals surface area contributed by atoms with Crippen molar-refractivity contribution in [1.82, 2.24) is 14.5 Å². The fourth-order valence-corrected chi connectivity index (χ4v) is 3.40. The van der Waals surface area contributed by atoms with E-state index in [1.807, 2.05) is 20.8 Å². The molecule has 0 aliphatic heterocycles. The molecular weight excluding hydrogens is 360 g/mol. The standard InChI is InChI=1S/C18H19F2N3O2S/c1-10(25-15(24)13-9-21-16(26-13)18(2,3)4)14-22-11-7-5-6-8-12(11)23(14)17(19)20/h5-10,17H,1-4H3. The molecule has 0 N–H and O–H groups in total. The number of carbonyl (C=O) groups is 1. The Bertz CT molecular complexity index is 943. The third-order valence-corrected chi connectivity index (χ3v) is 5.22. The van der Waals surface area contributed by atoms with Crippen molar-refractivity contribution in [3.05, 3.63) is 46.2 Å². The second-order valence-electron chi connectivity index (χ2n) is 6.93. The van der Waals surface area contributed by atoms with Gasteiger partial charge in [-0.15, -0.1) is 11.3 Å². The van der Waals surface area contributed by atoms with Crippen molar-refractivity contribution in [3.8, 4) is 0 Å². The molecule has 0 bridgehead atoms. The first-order valence-electron chi connectivity index (χ1n) is 8.11. The maximum absolute atomic E-state index is 13.5. The minimum Gasteiger partial charge on any atom is -0.450 e. The summed E-state index contributed by atoms with van der Waals surface area (Å²) in [5, 5.41) is 0.803. The summed E-state index contributed by atoms with van der Waals surface area (Å²) in [4.78, 5) is 21.2. The van der Waals surface area contributed by atoms with E-state index in [0.717, 1.165) is 9.57 Å². The van der Waals surface area contributed by atoms with Crippen LogP contribution in [0.1, 0.15) is 60.9 Å². The van der Waals surface area contributed by atoms with Crippen molar-refractivity contribution in [3.63, 3.8) is 0 Å². The number of carbonyl (C=O) groups excluding carboxylic acids is 1. The fourth-order valence-electron chi connectivity index (χ4n) is 2.54. The van der Waals surface area contributed by atoms with Crippen LogP contribution < -0.4 is 0 Å². The van der Waals surface area contributed by atoms with Crippen LogP contribution in [0.25, 0.3) is 11.0 Å². The molecule has 1 atom stereocenters. The van der Waals surface area contributed by atoms with Crippen LogP contribution in [-0.2, 0) is 10.2 Å². The number of imidazole rings is 1. The highest BCUT2D eigenvalue weighted by atomic mass is 32.1. The van der Waals surface area contributed by atoms with Crippen LogP contribution in [0.2, 0.25) is 0 Å². The van der Waals surface area contributed by atoms with Gasteiger partial charge in [-0.3, -0.25) is 4.57 Å². The lowest BCUT2D eigenvalue weighted by atomic mass is 9.98. The number of hydrogen-bond donors (Lipinski definition) is 0. The minimum atomic E-state index is -2.78. The van der Waals surface area contributed by atoms with Crippen LogP contribution in [0.3, 0.4) is 0 Å². The van der Waals surface area contributed by atoms with Crippen LogP contribution >= 0.6 is 11.3 Å². The van der Waals surface area contributed by atoms with Crippen LogP contribution in [0.15, 0.2) is 30.5 Å². The molecule has 5 nitrogen and oxygen atoms in total. The quantitative estimate of drug-likeness (QED) is 0.592. The van der Waals surface area contributed by atoms with Crippen molar-refractivity contribution in [2.45, 2.75) is 45.8 Å². The Kier molecular flexibility index (Phi) is 4.79. The number of halogens is 2. The fraction of sp³-hybridized carbons (Fsp3) is 0.389. The molecule has 3 aromatic rings. The molecule has 0 spiro atoms. The van der Waals surface area contributed by atoms with E-state index in [4.69, 9.17) is 4.74 Å². The first-order chi connectivity index (χ1) is 12.2. The van der Waals surface area contributed by atoms with Crippen LogP contribution in [0.4, 0.5) is 8.78 Å². The SMILES string of the molecule is CC(OC(=O)c1cnc(C(C)(C)C)s1)c1nc2ccccc2n1C(F)F. The third-order valence-electron chi connectivity index (χ3n) is 3.81. The summed E-state index contributed by atoms with van der Waals surface area (Å²) in [7, 11) is 0. The summed E-state index contributed by atoms with van der Waals surface area (Å²) >= 11 is 1.24. The van der Waals surface area contributed by atoms with Gasteiger partial charge in [-0.2, -0.15) is 8.78 Å². The second kappa shape index (κ2) is 6.75. The monoisotopic (exact) mass is 379 g/mol. The molecule has 0 aliphatic carbocycles. The number of benzene rings is 1. The lowest BCUT2D eigenvalue weighted by Gasteiger charge is -2.15. The summed E-state index contributed by atoms with van der Waals surface area (Å²) in [6.45, 7) is 4.73. The van der Waals surface area contributed by atoms with Gasteiger partial charge in [0, 0.05) is 5.41 Å². The van der Waals surface area contributed by atoms with Crippen molar-refractivity contribution in [1.29, 1.82) is 0 Å². The smallest absolute Gasteiger partial charge is 0.350 e. The molecule has 2 heterocycles. The number of aromatic nitrogens is 3. The first kappa shape index (κ1) is 18.4. The van der Waals surface area contributed by atoms with Crippen LogP contribution in [-0.4, -0.2) is 20.5 Å². The number of hydrogen-bond acceptors (Lipinski definition) is 5. The van der Waals surface area contributed by atoms with Gasteiger partial charge in [0.1, 0.15) is 4.88 Å². The average Bonchev–Trinajstić information content (AvgIpc) is 3.19. The predicted octanol–water partition coefficient (Wildman–Crippen LogP) is 5.10. The Morgan fingerprint density at radius 1 is 1.27 bits per heavy atom. The zero-order chi connectivity index (χ0) is 19.1. The van der Waals surface area contributed by atoms with E-state index < -0.39 is 18.6 Å². The topological polar surface area (TPSA) is 57.0 Å². The number of nitrogens with zero attached hydrogens (tertiary/aromatic N) is 3. The molecular formula is C18H19F2N3O2S. The molecule has 26 heavy (non-hydrogen) atoms. The molecule has 0 aliphatic rings. The van der Waals surface area contributed by atoms with Gasteiger partial charge in [-0.05, 0) is 19.1 Å². The molecule has 0 saturated heterocycles. The van der Waals surface area contributed by atoms with Gasteiger partial charge in [0.15, 0.2) is 11.9 Å². The molecule has 8 heteroatoms. The molecule has 0 radical (unpaired) electrons. The normalized spacial score (nSPS) is 13.3. The average molecular weight is 379 g/mol. The Labute approximate surface area is 153 Å². The lowest BCUT2D eigenvalue weighted by Crippen LogP contribution is -2.14. The molecule has 2 aromatic heterocycles. The van der Waals surface area contributed by atoms with Crippen molar-refractivity contribution < 1.29 is 18.3 Å². The van der Waals surface area contributed by atoms with E-state index in [-0.39, 0.29) is 11.2 Å². The van der Waals surface area contributed by atoms with E-state index in [0.29, 0.717) is 15.9 Å². The van der Waals surface area contributed by atoms with E-state index in [9.17, 15) is 13.6 Å². The summed E-state index contributed by atoms with van der Waals surface area (Å²) in [6, 6.07) is 6.59. The van der Waals surface area contributed by atoms with E-state index in [1.54, 1.807) is 24.3 Å². The number of para-hydroxylation sites is 2. The number of esters is 1. The Morgan fingerprint density at radius 2 is 1.96 bits per heavy atom. The maximum Gasteiger partial charge on any atom is 0.350 e. The Hall–Kier alpha value is -2.35. The van der Waals surface area contributed by atoms with Gasteiger partial charge in [0.05, 0.1) is 22.2 Å². The van der Waals surface area contributed by atoms with Gasteiger partial charge >= 0.3 is 12.5 Å². The highest BCUT2D eigenvalue weighted by Gasteiger charge is 2.26. The van der Waals surface area contributed by atoms with E-state index in [1.165, 1.54) is 24.5 Å². The zero-order valence-corrected chi connectivity index (χ0v) is 15.7. The molecule has 138 valence electrons. The minimum absolute atomic E-state index is 0.00936. The third kappa shape index (κ3) is 3.46. The van der Waals surface area contributed by atoms with E-state index in [2.05, 4.69) is 9.97 Å². The number of alkyl halides is 2. The van der Waals surface area contributed by atoms with Crippen molar-refractivity contribution >= 4 is 28.3 Å². The number of rotatable bonds is 4. The molecule has 0 saturated carbocycles. The maximum atomic E-state index is 13.5. The Balaban J connectivity index is 1.87.